The second kappa shape index (κ2) is 9.91. The molecule has 0 bridgehead atoms. The van der Waals surface area contributed by atoms with Gasteiger partial charge in [-0.15, -0.1) is 0 Å². The largest absolute Gasteiger partial charge is 0.473 e. The van der Waals surface area contributed by atoms with Crippen molar-refractivity contribution in [2.75, 3.05) is 37.6 Å². The zero-order chi connectivity index (χ0) is 26.2. The van der Waals surface area contributed by atoms with Gasteiger partial charge in [-0.3, -0.25) is 4.79 Å². The van der Waals surface area contributed by atoms with Crippen LogP contribution in [0.15, 0.2) is 42.7 Å². The summed E-state index contributed by atoms with van der Waals surface area (Å²) >= 11 is 0. The lowest BCUT2D eigenvalue weighted by molar-refractivity contribution is -0.119. The molecule has 0 aliphatic carbocycles. The zero-order valence-corrected chi connectivity index (χ0v) is 21.8. The first kappa shape index (κ1) is 24.9. The lowest BCUT2D eigenvalue weighted by atomic mass is 10.0. The molecular weight excluding hydrogens is 472 g/mol. The van der Waals surface area contributed by atoms with E-state index in [2.05, 4.69) is 27.4 Å². The smallest absolute Gasteiger partial charge is 0.410 e. The molecule has 2 atom stereocenters. The third kappa shape index (κ3) is 5.63. The van der Waals surface area contributed by atoms with E-state index in [4.69, 9.17) is 14.5 Å². The van der Waals surface area contributed by atoms with Crippen molar-refractivity contribution < 1.29 is 19.1 Å². The number of nitrogens with one attached hydrogen (secondary N) is 1. The van der Waals surface area contributed by atoms with Gasteiger partial charge < -0.3 is 24.6 Å². The van der Waals surface area contributed by atoms with Crippen molar-refractivity contribution in [2.45, 2.75) is 45.8 Å². The number of carbonyl (C=O) groups excluding carboxylic acids is 2. The summed E-state index contributed by atoms with van der Waals surface area (Å²) in [6.45, 7) is 11.0. The van der Waals surface area contributed by atoms with Gasteiger partial charge >= 0.3 is 6.09 Å². The van der Waals surface area contributed by atoms with Crippen molar-refractivity contribution in [3.8, 4) is 17.1 Å². The molecule has 2 aliphatic heterocycles. The molecule has 2 fully saturated rings. The van der Waals surface area contributed by atoms with Crippen LogP contribution >= 0.6 is 0 Å². The Morgan fingerprint density at radius 2 is 1.84 bits per heavy atom. The molecule has 10 heteroatoms. The molecule has 0 spiro atoms. The molecule has 196 valence electrons. The fourth-order valence-corrected chi connectivity index (χ4v) is 4.67. The predicted molar refractivity (Wildman–Crippen MR) is 140 cm³/mol. The Morgan fingerprint density at radius 3 is 2.49 bits per heavy atom. The molecule has 4 heterocycles. The average molecular weight is 507 g/mol. The Kier molecular flexibility index (Phi) is 6.66. The Labute approximate surface area is 216 Å². The molecule has 10 nitrogen and oxygen atoms in total. The van der Waals surface area contributed by atoms with Gasteiger partial charge in [0.15, 0.2) is 0 Å². The van der Waals surface area contributed by atoms with Gasteiger partial charge in [0.1, 0.15) is 17.2 Å². The average Bonchev–Trinajstić information content (AvgIpc) is 3.52. The number of ether oxygens (including phenoxy) is 2. The van der Waals surface area contributed by atoms with Crippen molar-refractivity contribution in [3.05, 3.63) is 42.7 Å². The van der Waals surface area contributed by atoms with Crippen LogP contribution in [0, 0.1) is 5.92 Å². The number of carbonyl (C=O) groups is 2. The van der Waals surface area contributed by atoms with E-state index < -0.39 is 5.60 Å². The van der Waals surface area contributed by atoms with E-state index in [1.807, 2.05) is 52.1 Å². The third-order valence-electron chi connectivity index (χ3n) is 6.79. The topological polar surface area (TPSA) is 101 Å². The number of aromatic nitrogens is 3. The van der Waals surface area contributed by atoms with Crippen LogP contribution in [0.1, 0.15) is 34.1 Å². The highest BCUT2D eigenvalue weighted by molar-refractivity contribution is 5.78. The first-order chi connectivity index (χ1) is 17.7. The molecule has 0 saturated carbocycles. The molecule has 1 N–H and O–H groups in total. The number of piperazine rings is 1. The number of nitrogens with zero attached hydrogens (tertiary/aromatic N) is 5. The van der Waals surface area contributed by atoms with Crippen molar-refractivity contribution in [3.63, 3.8) is 0 Å². The SMILES string of the molecule is CC(Oc1nc(-c2ccc(N3CCN(C(=O)OC(C)(C)C)CC3)cc2)cn2nccc12)C1CNC(=O)C1. The Balaban J connectivity index is 1.28. The van der Waals surface area contributed by atoms with Crippen LogP contribution in [0.4, 0.5) is 10.5 Å². The molecular formula is C27H34N6O4. The number of benzene rings is 1. The van der Waals surface area contributed by atoms with Crippen LogP contribution < -0.4 is 15.0 Å². The summed E-state index contributed by atoms with van der Waals surface area (Å²) in [4.78, 5) is 32.8. The summed E-state index contributed by atoms with van der Waals surface area (Å²) in [5, 5.41) is 7.26. The van der Waals surface area contributed by atoms with Crippen molar-refractivity contribution in [2.24, 2.45) is 5.92 Å². The number of rotatable bonds is 5. The summed E-state index contributed by atoms with van der Waals surface area (Å²) in [5.41, 5.74) is 3.08. The fourth-order valence-electron chi connectivity index (χ4n) is 4.67. The first-order valence-corrected chi connectivity index (χ1v) is 12.8. The van der Waals surface area contributed by atoms with Gasteiger partial charge in [-0.05, 0) is 45.9 Å². The van der Waals surface area contributed by atoms with Gasteiger partial charge in [-0.2, -0.15) is 5.10 Å². The van der Waals surface area contributed by atoms with Gasteiger partial charge in [-0.25, -0.2) is 14.3 Å². The minimum absolute atomic E-state index is 0.0583. The molecule has 3 aromatic rings. The van der Waals surface area contributed by atoms with Crippen molar-refractivity contribution in [1.82, 2.24) is 24.8 Å². The number of anilines is 1. The van der Waals surface area contributed by atoms with Crippen LogP contribution in [-0.4, -0.2) is 75.9 Å². The second-order valence-electron chi connectivity index (χ2n) is 10.7. The molecule has 37 heavy (non-hydrogen) atoms. The van der Waals surface area contributed by atoms with Crippen molar-refractivity contribution >= 4 is 23.2 Å². The van der Waals surface area contributed by atoms with Gasteiger partial charge in [0.05, 0.1) is 18.1 Å². The Hall–Kier alpha value is -3.82. The number of hydrogen-bond donors (Lipinski definition) is 1. The minimum atomic E-state index is -0.493. The number of fused-ring (bicyclic) bond motifs is 1. The van der Waals surface area contributed by atoms with E-state index >= 15 is 0 Å². The lowest BCUT2D eigenvalue weighted by Crippen LogP contribution is -2.50. The van der Waals surface area contributed by atoms with Crippen LogP contribution in [0.3, 0.4) is 0 Å². The molecule has 0 radical (unpaired) electrons. The van der Waals surface area contributed by atoms with E-state index in [0.717, 1.165) is 35.6 Å². The monoisotopic (exact) mass is 506 g/mol. The highest BCUT2D eigenvalue weighted by Crippen LogP contribution is 2.28. The second-order valence-corrected chi connectivity index (χ2v) is 10.7. The molecule has 2 aromatic heterocycles. The molecule has 2 saturated heterocycles. The van der Waals surface area contributed by atoms with E-state index in [9.17, 15) is 9.59 Å². The Morgan fingerprint density at radius 1 is 1.11 bits per heavy atom. The maximum Gasteiger partial charge on any atom is 0.410 e. The van der Waals surface area contributed by atoms with Gasteiger partial charge in [0.2, 0.25) is 11.8 Å². The maximum atomic E-state index is 12.4. The number of amides is 2. The molecule has 2 aliphatic rings. The van der Waals surface area contributed by atoms with E-state index in [1.165, 1.54) is 0 Å². The predicted octanol–water partition coefficient (Wildman–Crippen LogP) is 3.36. The summed E-state index contributed by atoms with van der Waals surface area (Å²) in [6, 6.07) is 10.1. The van der Waals surface area contributed by atoms with E-state index in [-0.39, 0.29) is 24.0 Å². The van der Waals surface area contributed by atoms with Gasteiger partial charge in [0.25, 0.3) is 0 Å². The van der Waals surface area contributed by atoms with E-state index in [1.54, 1.807) is 15.6 Å². The van der Waals surface area contributed by atoms with Gasteiger partial charge in [0, 0.05) is 56.3 Å². The normalized spacial score (nSPS) is 19.1. The maximum absolute atomic E-state index is 12.4. The van der Waals surface area contributed by atoms with Crippen LogP contribution in [0.2, 0.25) is 0 Å². The lowest BCUT2D eigenvalue weighted by Gasteiger charge is -2.36. The van der Waals surface area contributed by atoms with Crippen LogP contribution in [0.5, 0.6) is 5.88 Å². The molecule has 1 aromatic carbocycles. The standard InChI is InChI=1S/C27H34N6O4/c1-18(20-15-24(34)28-16-20)36-25-23-9-10-29-33(23)17-22(30-25)19-5-7-21(8-6-19)31-11-13-32(14-12-31)26(35)37-27(2,3)4/h5-10,17-18,20H,11-16H2,1-4H3,(H,28,34). The summed E-state index contributed by atoms with van der Waals surface area (Å²) in [6.07, 6.45) is 3.65. The fraction of sp³-hybridized carbons (Fsp3) is 0.481. The highest BCUT2D eigenvalue weighted by atomic mass is 16.6. The van der Waals surface area contributed by atoms with E-state index in [0.29, 0.717) is 31.9 Å². The minimum Gasteiger partial charge on any atom is -0.473 e. The molecule has 2 unspecified atom stereocenters. The molecule has 5 rings (SSSR count). The summed E-state index contributed by atoms with van der Waals surface area (Å²) in [5.74, 6) is 0.670. The Bertz CT molecular complexity index is 1270. The molecule has 2 amide bonds. The van der Waals surface area contributed by atoms with Crippen molar-refractivity contribution in [1.29, 1.82) is 0 Å². The van der Waals surface area contributed by atoms with Crippen LogP contribution in [0.25, 0.3) is 16.8 Å². The summed E-state index contributed by atoms with van der Waals surface area (Å²) in [7, 11) is 0. The quantitative estimate of drug-likeness (QED) is 0.566. The summed E-state index contributed by atoms with van der Waals surface area (Å²) < 4.78 is 13.5. The van der Waals surface area contributed by atoms with Gasteiger partial charge in [-0.1, -0.05) is 12.1 Å². The van der Waals surface area contributed by atoms with Crippen LogP contribution in [-0.2, 0) is 9.53 Å². The first-order valence-electron chi connectivity index (χ1n) is 12.8. The third-order valence-corrected chi connectivity index (χ3v) is 6.79. The highest BCUT2D eigenvalue weighted by Gasteiger charge is 2.29. The number of hydrogen-bond acceptors (Lipinski definition) is 7. The zero-order valence-electron chi connectivity index (χ0n) is 21.8.